The number of piperazine rings is 2. The zero-order chi connectivity index (χ0) is 29.7. The van der Waals surface area contributed by atoms with Gasteiger partial charge in [-0.1, -0.05) is 12.1 Å². The lowest BCUT2D eigenvalue weighted by molar-refractivity contribution is 0.0133. The molecule has 1 aromatic heterocycles. The molecule has 4 heterocycles. The Morgan fingerprint density at radius 1 is 0.929 bits per heavy atom. The monoisotopic (exact) mass is 580 g/mol. The van der Waals surface area contributed by atoms with E-state index in [1.165, 1.54) is 12.8 Å². The largest absolute Gasteiger partial charge is 0.507 e. The summed E-state index contributed by atoms with van der Waals surface area (Å²) in [5, 5.41) is 22.3. The Hall–Kier alpha value is -3.15. The number of aromatic nitrogens is 2. The maximum atomic E-state index is 12.3. The molecular weight excluding hydrogens is 532 g/mol. The third kappa shape index (κ3) is 7.62. The van der Waals surface area contributed by atoms with E-state index in [0.717, 1.165) is 90.0 Å². The van der Waals surface area contributed by atoms with Gasteiger partial charge in [0, 0.05) is 84.1 Å². The smallest absolute Gasteiger partial charge is 0.410 e. The maximum absolute atomic E-state index is 12.3. The number of hydrogen-bond donors (Lipinski definition) is 2. The third-order valence-electron chi connectivity index (χ3n) is 8.68. The highest BCUT2D eigenvalue weighted by Crippen LogP contribution is 2.33. The standard InChI is InChI=1S/C31H48N8O3/c1-31(2,3)42-30(41)39-17-15-36(16-18-39)14-13-35-11-9-24(10-12-35)37-19-21-38(22-20-37)27-23-26(33-34-29(27)32-4)25-7-5-6-8-28(25)40/h5-8,23-24,40H,9-22H2,1-4H3,(H,32,34). The predicted octanol–water partition coefficient (Wildman–Crippen LogP) is 3.03. The molecule has 2 aromatic rings. The Labute approximate surface area is 250 Å². The minimum absolute atomic E-state index is 0.192. The second-order valence-electron chi connectivity index (χ2n) is 12.6. The molecule has 3 aliphatic rings. The second kappa shape index (κ2) is 13.4. The molecule has 3 saturated heterocycles. The van der Waals surface area contributed by atoms with Crippen molar-refractivity contribution >= 4 is 17.6 Å². The first-order valence-corrected chi connectivity index (χ1v) is 15.5. The molecule has 230 valence electrons. The fourth-order valence-corrected chi connectivity index (χ4v) is 6.22. The van der Waals surface area contributed by atoms with Crippen molar-refractivity contribution in [2.24, 2.45) is 0 Å². The molecule has 0 aliphatic carbocycles. The van der Waals surface area contributed by atoms with Crippen LogP contribution in [0.4, 0.5) is 16.3 Å². The molecule has 42 heavy (non-hydrogen) atoms. The number of hydrogen-bond acceptors (Lipinski definition) is 10. The van der Waals surface area contributed by atoms with Gasteiger partial charge in [0.25, 0.3) is 0 Å². The van der Waals surface area contributed by atoms with E-state index in [4.69, 9.17) is 4.74 Å². The highest BCUT2D eigenvalue weighted by atomic mass is 16.6. The lowest BCUT2D eigenvalue weighted by Crippen LogP contribution is -2.54. The van der Waals surface area contributed by atoms with Crippen molar-refractivity contribution in [3.8, 4) is 17.0 Å². The first kappa shape index (κ1) is 30.3. The summed E-state index contributed by atoms with van der Waals surface area (Å²) < 4.78 is 5.53. The topological polar surface area (TPSA) is 101 Å². The summed E-state index contributed by atoms with van der Waals surface area (Å²) in [6.07, 6.45) is 2.23. The van der Waals surface area contributed by atoms with Crippen molar-refractivity contribution in [1.82, 2.24) is 29.8 Å². The van der Waals surface area contributed by atoms with Crippen LogP contribution in [0.15, 0.2) is 30.3 Å². The van der Waals surface area contributed by atoms with Gasteiger partial charge in [-0.25, -0.2) is 4.79 Å². The number of phenolic OH excluding ortho intramolecular Hbond substituents is 1. The van der Waals surface area contributed by atoms with Gasteiger partial charge in [-0.2, -0.15) is 0 Å². The van der Waals surface area contributed by atoms with Crippen LogP contribution in [0.1, 0.15) is 33.6 Å². The molecule has 1 aromatic carbocycles. The minimum Gasteiger partial charge on any atom is -0.507 e. The van der Waals surface area contributed by atoms with Crippen LogP contribution in [0, 0.1) is 0 Å². The molecule has 0 unspecified atom stereocenters. The molecule has 3 aliphatic heterocycles. The Morgan fingerprint density at radius 3 is 2.19 bits per heavy atom. The second-order valence-corrected chi connectivity index (χ2v) is 12.6. The summed E-state index contributed by atoms with van der Waals surface area (Å²) in [4.78, 5) is 24.3. The van der Waals surface area contributed by atoms with E-state index in [-0.39, 0.29) is 11.8 Å². The van der Waals surface area contributed by atoms with E-state index < -0.39 is 5.60 Å². The van der Waals surface area contributed by atoms with Crippen molar-refractivity contribution < 1.29 is 14.6 Å². The highest BCUT2D eigenvalue weighted by Gasteiger charge is 2.30. The van der Waals surface area contributed by atoms with E-state index in [0.29, 0.717) is 17.3 Å². The van der Waals surface area contributed by atoms with Gasteiger partial charge in [0.05, 0.1) is 11.4 Å². The SMILES string of the molecule is CNc1nnc(-c2ccccc2O)cc1N1CCN(C2CCN(CCN3CCN(C(=O)OC(C)(C)C)CC3)CC2)CC1. The number of ether oxygens (including phenoxy) is 1. The third-order valence-corrected chi connectivity index (χ3v) is 8.68. The van der Waals surface area contributed by atoms with Crippen LogP contribution in [-0.4, -0.2) is 138 Å². The van der Waals surface area contributed by atoms with Crippen LogP contribution in [0.2, 0.25) is 0 Å². The molecule has 0 radical (unpaired) electrons. The first-order valence-electron chi connectivity index (χ1n) is 15.5. The molecule has 1 amide bonds. The number of para-hydroxylation sites is 1. The molecule has 0 bridgehead atoms. The van der Waals surface area contributed by atoms with Gasteiger partial charge in [0.1, 0.15) is 11.4 Å². The fourth-order valence-electron chi connectivity index (χ4n) is 6.22. The van der Waals surface area contributed by atoms with E-state index in [2.05, 4.69) is 35.1 Å². The number of amides is 1. The van der Waals surface area contributed by atoms with Gasteiger partial charge in [0.2, 0.25) is 0 Å². The summed E-state index contributed by atoms with van der Waals surface area (Å²) in [6, 6.07) is 9.95. The van der Waals surface area contributed by atoms with Crippen LogP contribution in [0.3, 0.4) is 0 Å². The summed E-state index contributed by atoms with van der Waals surface area (Å²) in [7, 11) is 1.88. The molecule has 3 fully saturated rings. The number of benzene rings is 1. The van der Waals surface area contributed by atoms with Crippen molar-refractivity contribution in [2.75, 3.05) is 95.8 Å². The van der Waals surface area contributed by atoms with Gasteiger partial charge < -0.3 is 29.9 Å². The van der Waals surface area contributed by atoms with Crippen LogP contribution in [-0.2, 0) is 4.74 Å². The maximum Gasteiger partial charge on any atom is 0.410 e. The Morgan fingerprint density at radius 2 is 1.57 bits per heavy atom. The number of piperidine rings is 1. The van der Waals surface area contributed by atoms with Gasteiger partial charge in [-0.05, 0) is 64.9 Å². The average Bonchev–Trinajstić information content (AvgIpc) is 3.00. The molecule has 5 rings (SSSR count). The number of likely N-dealkylation sites (tertiary alicyclic amines) is 1. The summed E-state index contributed by atoms with van der Waals surface area (Å²) in [5.74, 6) is 0.981. The summed E-state index contributed by atoms with van der Waals surface area (Å²) >= 11 is 0. The van der Waals surface area contributed by atoms with Gasteiger partial charge >= 0.3 is 6.09 Å². The minimum atomic E-state index is -0.445. The number of carbonyl (C=O) groups is 1. The van der Waals surface area contributed by atoms with Crippen LogP contribution in [0.25, 0.3) is 11.3 Å². The molecule has 0 atom stereocenters. The Bertz CT molecular complexity index is 1180. The number of nitrogens with zero attached hydrogens (tertiary/aromatic N) is 7. The number of nitrogens with one attached hydrogen (secondary N) is 1. The number of carbonyl (C=O) groups excluding carboxylic acids is 1. The zero-order valence-electron chi connectivity index (χ0n) is 25.8. The van der Waals surface area contributed by atoms with Gasteiger partial charge in [0.15, 0.2) is 5.82 Å². The number of phenols is 1. The molecular formula is C31H48N8O3. The molecule has 0 saturated carbocycles. The lowest BCUT2D eigenvalue weighted by atomic mass is 10.0. The van der Waals surface area contributed by atoms with E-state index in [9.17, 15) is 9.90 Å². The van der Waals surface area contributed by atoms with E-state index >= 15 is 0 Å². The van der Waals surface area contributed by atoms with Crippen molar-refractivity contribution in [3.05, 3.63) is 30.3 Å². The van der Waals surface area contributed by atoms with Crippen molar-refractivity contribution in [1.29, 1.82) is 0 Å². The first-order chi connectivity index (χ1) is 20.2. The molecule has 2 N–H and O–H groups in total. The Balaban J connectivity index is 1.05. The highest BCUT2D eigenvalue weighted by molar-refractivity contribution is 5.75. The molecule has 11 nitrogen and oxygen atoms in total. The predicted molar refractivity (Wildman–Crippen MR) is 166 cm³/mol. The summed E-state index contributed by atoms with van der Waals surface area (Å²) in [5.41, 5.74) is 1.97. The normalized spacial score (nSPS) is 20.1. The average molecular weight is 581 g/mol. The van der Waals surface area contributed by atoms with E-state index in [1.807, 2.05) is 57.0 Å². The van der Waals surface area contributed by atoms with Crippen molar-refractivity contribution in [2.45, 2.75) is 45.3 Å². The van der Waals surface area contributed by atoms with E-state index in [1.54, 1.807) is 6.07 Å². The van der Waals surface area contributed by atoms with Crippen LogP contribution >= 0.6 is 0 Å². The molecule has 0 spiro atoms. The number of rotatable bonds is 7. The molecule has 11 heteroatoms. The van der Waals surface area contributed by atoms with Crippen LogP contribution < -0.4 is 10.2 Å². The number of aromatic hydroxyl groups is 1. The van der Waals surface area contributed by atoms with Crippen LogP contribution in [0.5, 0.6) is 5.75 Å². The lowest BCUT2D eigenvalue weighted by Gasteiger charge is -2.44. The van der Waals surface area contributed by atoms with Gasteiger partial charge in [-0.3, -0.25) is 9.80 Å². The fraction of sp³-hybridized carbons (Fsp3) is 0.645. The zero-order valence-corrected chi connectivity index (χ0v) is 25.8. The van der Waals surface area contributed by atoms with Crippen molar-refractivity contribution in [3.63, 3.8) is 0 Å². The summed E-state index contributed by atoms with van der Waals surface area (Å²) in [6.45, 7) is 17.4. The Kier molecular flexibility index (Phi) is 9.70. The van der Waals surface area contributed by atoms with Gasteiger partial charge in [-0.15, -0.1) is 10.2 Å². The quantitative estimate of drug-likeness (QED) is 0.508. The number of anilines is 2.